The van der Waals surface area contributed by atoms with Crippen molar-refractivity contribution in [3.05, 3.63) is 63.4 Å². The first kappa shape index (κ1) is 19.3. The third-order valence-corrected chi connectivity index (χ3v) is 8.13. The van der Waals surface area contributed by atoms with E-state index in [0.717, 1.165) is 34.1 Å². The van der Waals surface area contributed by atoms with Gasteiger partial charge >= 0.3 is 0 Å². The minimum Gasteiger partial charge on any atom is -0.316 e. The van der Waals surface area contributed by atoms with E-state index in [2.05, 4.69) is 17.3 Å². The maximum absolute atomic E-state index is 13.1. The number of hydrogen-bond acceptors (Lipinski definition) is 3. The van der Waals surface area contributed by atoms with Crippen molar-refractivity contribution in [2.75, 3.05) is 0 Å². The summed E-state index contributed by atoms with van der Waals surface area (Å²) in [4.78, 5) is 26.2. The van der Waals surface area contributed by atoms with E-state index >= 15 is 0 Å². The quantitative estimate of drug-likeness (QED) is 0.381. The van der Waals surface area contributed by atoms with Crippen LogP contribution in [0.5, 0.6) is 0 Å². The summed E-state index contributed by atoms with van der Waals surface area (Å²) in [5.74, 6) is 0.794. The molecule has 1 saturated heterocycles. The van der Waals surface area contributed by atoms with Gasteiger partial charge in [0.15, 0.2) is 0 Å². The largest absolute Gasteiger partial charge is 0.316 e. The van der Waals surface area contributed by atoms with Gasteiger partial charge in [-0.25, -0.2) is 0 Å². The maximum Gasteiger partial charge on any atom is 0.254 e. The fourth-order valence-electron chi connectivity index (χ4n) is 6.12. The number of hydrogen-bond donors (Lipinski definition) is 0. The lowest BCUT2D eigenvalue weighted by atomic mass is 9.63. The van der Waals surface area contributed by atoms with Gasteiger partial charge in [0.05, 0.1) is 28.8 Å². The summed E-state index contributed by atoms with van der Waals surface area (Å²) in [6.45, 7) is 3.93. The van der Waals surface area contributed by atoms with Crippen molar-refractivity contribution < 1.29 is 9.59 Å². The number of carbonyl (C=O) groups excluding carboxylic acids is 2. The Kier molecular flexibility index (Phi) is 4.09. The third-order valence-electron chi connectivity index (χ3n) is 7.57. The monoisotopic (exact) mass is 453 g/mol. The lowest BCUT2D eigenvalue weighted by molar-refractivity contribution is -0.140. The van der Waals surface area contributed by atoms with Crippen molar-refractivity contribution in [3.8, 4) is 5.69 Å². The van der Waals surface area contributed by atoms with Gasteiger partial charge in [-0.15, -0.1) is 0 Å². The summed E-state index contributed by atoms with van der Waals surface area (Å²) in [5, 5.41) is 6.68. The van der Waals surface area contributed by atoms with Crippen LogP contribution in [0, 0.1) is 49.4 Å². The number of allylic oxidation sites excluding steroid dienone is 2. The van der Waals surface area contributed by atoms with Crippen LogP contribution in [0.25, 0.3) is 5.69 Å². The van der Waals surface area contributed by atoms with Crippen LogP contribution in [0.2, 0.25) is 10.0 Å². The average molecular weight is 454 g/mol. The minimum atomic E-state index is -0.235. The van der Waals surface area contributed by atoms with E-state index in [1.165, 1.54) is 0 Å². The van der Waals surface area contributed by atoms with E-state index in [9.17, 15) is 9.59 Å². The number of nitrogens with zero attached hydrogens (tertiary/aromatic N) is 3. The van der Waals surface area contributed by atoms with Gasteiger partial charge in [0.1, 0.15) is 0 Å². The van der Waals surface area contributed by atoms with Crippen LogP contribution in [0.15, 0.2) is 41.5 Å². The molecule has 2 amide bonds. The lowest BCUT2D eigenvalue weighted by Crippen LogP contribution is -2.40. The molecular formula is C24H21Cl2N3O2. The number of amides is 2. The van der Waals surface area contributed by atoms with Crippen molar-refractivity contribution in [2.45, 2.75) is 20.3 Å². The number of carbonyl (C=O) groups is 2. The molecule has 31 heavy (non-hydrogen) atoms. The van der Waals surface area contributed by atoms with Crippen LogP contribution in [-0.2, 0) is 9.59 Å². The molecule has 7 rings (SSSR count). The van der Waals surface area contributed by atoms with Crippen molar-refractivity contribution in [2.24, 2.45) is 40.6 Å². The Labute approximate surface area is 190 Å². The first-order valence-electron chi connectivity index (χ1n) is 10.6. The van der Waals surface area contributed by atoms with E-state index in [4.69, 9.17) is 23.2 Å². The summed E-state index contributed by atoms with van der Waals surface area (Å²) < 4.78 is 2.00. The Morgan fingerprint density at radius 3 is 2.29 bits per heavy atom. The third kappa shape index (κ3) is 2.66. The molecule has 4 aliphatic carbocycles. The van der Waals surface area contributed by atoms with Crippen molar-refractivity contribution >= 4 is 41.2 Å². The minimum absolute atomic E-state index is 0.150. The molecule has 1 aromatic heterocycles. The van der Waals surface area contributed by atoms with Crippen molar-refractivity contribution in [1.29, 1.82) is 0 Å². The Morgan fingerprint density at radius 1 is 1.00 bits per heavy atom. The maximum atomic E-state index is 13.1. The first-order chi connectivity index (χ1) is 14.9. The highest BCUT2D eigenvalue weighted by Crippen LogP contribution is 2.65. The van der Waals surface area contributed by atoms with E-state index in [0.29, 0.717) is 21.9 Å². The van der Waals surface area contributed by atoms with Gasteiger partial charge in [-0.1, -0.05) is 35.4 Å². The first-order valence-corrected chi connectivity index (χ1v) is 11.4. The van der Waals surface area contributed by atoms with Gasteiger partial charge in [-0.05, 0) is 68.2 Å². The number of aromatic nitrogens is 1. The Hall–Kier alpha value is -2.37. The second kappa shape index (κ2) is 6.57. The fourth-order valence-corrected chi connectivity index (χ4v) is 6.49. The van der Waals surface area contributed by atoms with E-state index in [1.807, 2.05) is 30.5 Å². The zero-order chi connectivity index (χ0) is 21.6. The van der Waals surface area contributed by atoms with Gasteiger partial charge in [0.25, 0.3) is 11.8 Å². The predicted molar refractivity (Wildman–Crippen MR) is 119 cm³/mol. The lowest BCUT2D eigenvalue weighted by Gasteiger charge is -2.37. The summed E-state index contributed by atoms with van der Waals surface area (Å²) >= 11 is 12.6. The molecule has 1 aliphatic heterocycles. The smallest absolute Gasteiger partial charge is 0.254 e. The summed E-state index contributed by atoms with van der Waals surface area (Å²) in [6, 6.07) is 7.30. The van der Waals surface area contributed by atoms with Crippen LogP contribution in [0.4, 0.5) is 0 Å². The number of aryl methyl sites for hydroxylation is 1. The molecule has 158 valence electrons. The zero-order valence-corrected chi connectivity index (χ0v) is 18.6. The molecule has 0 N–H and O–H groups in total. The molecule has 7 heteroatoms. The highest BCUT2D eigenvalue weighted by molar-refractivity contribution is 6.34. The van der Waals surface area contributed by atoms with Crippen molar-refractivity contribution in [1.82, 2.24) is 9.58 Å². The molecule has 6 atom stereocenters. The summed E-state index contributed by atoms with van der Waals surface area (Å²) in [6.07, 6.45) is 7.10. The fraction of sp³-hybridized carbons (Fsp3) is 0.375. The molecule has 5 nitrogen and oxygen atoms in total. The number of hydrazone groups is 1. The molecule has 3 fully saturated rings. The zero-order valence-electron chi connectivity index (χ0n) is 17.1. The van der Waals surface area contributed by atoms with E-state index in [1.54, 1.807) is 18.3 Å². The second-order valence-corrected chi connectivity index (χ2v) is 9.99. The molecule has 2 bridgehead atoms. The molecule has 1 aromatic carbocycles. The second-order valence-electron chi connectivity index (χ2n) is 9.15. The SMILES string of the molecule is Cc1cc(/C=N\N2C(=O)[C@@H]3[C@H]4C=C[C@@H]([C@@H]5C[C@@H]45)[C@@H]3C2=O)c(C)n1-c1cc(Cl)ccc1Cl. The molecule has 0 radical (unpaired) electrons. The van der Waals surface area contributed by atoms with E-state index in [-0.39, 0.29) is 35.5 Å². The molecule has 2 saturated carbocycles. The van der Waals surface area contributed by atoms with Gasteiger partial charge in [-0.3, -0.25) is 9.59 Å². The van der Waals surface area contributed by atoms with Crippen LogP contribution < -0.4 is 0 Å². The van der Waals surface area contributed by atoms with Gasteiger partial charge in [-0.2, -0.15) is 10.1 Å². The van der Waals surface area contributed by atoms with Crippen molar-refractivity contribution in [3.63, 3.8) is 0 Å². The van der Waals surface area contributed by atoms with Crippen LogP contribution >= 0.6 is 23.2 Å². The summed E-state index contributed by atoms with van der Waals surface area (Å²) in [5.41, 5.74) is 3.47. The molecule has 0 unspecified atom stereocenters. The number of benzene rings is 1. The van der Waals surface area contributed by atoms with Crippen LogP contribution in [0.1, 0.15) is 23.4 Å². The Morgan fingerprint density at radius 2 is 1.65 bits per heavy atom. The summed E-state index contributed by atoms with van der Waals surface area (Å²) in [7, 11) is 0. The van der Waals surface area contributed by atoms with Gasteiger partial charge < -0.3 is 4.57 Å². The standard InChI is InChI=1S/C24H21Cl2N3O2/c1-11-7-13(12(2)28(11)20-8-14(25)3-6-19(20)26)10-27-29-23(30)21-15-4-5-16(18-9-17(15)18)22(21)24(29)31/h3-8,10,15-18,21-22H,9H2,1-2H3/b27-10-/t15-,16-,17-,18-,21-,22+/m0/s1. The average Bonchev–Trinajstić information content (AvgIpc) is 3.47. The van der Waals surface area contributed by atoms with Crippen LogP contribution in [0.3, 0.4) is 0 Å². The van der Waals surface area contributed by atoms with E-state index < -0.39 is 0 Å². The molecule has 0 spiro atoms. The van der Waals surface area contributed by atoms with Crippen LogP contribution in [-0.4, -0.2) is 27.6 Å². The highest BCUT2D eigenvalue weighted by atomic mass is 35.5. The predicted octanol–water partition coefficient (Wildman–Crippen LogP) is 4.79. The van der Waals surface area contributed by atoms with Gasteiger partial charge in [0, 0.05) is 22.0 Å². The Bertz CT molecular complexity index is 1180. The molecule has 2 aromatic rings. The number of rotatable bonds is 3. The number of halogens is 2. The van der Waals surface area contributed by atoms with Gasteiger partial charge in [0.2, 0.25) is 0 Å². The Balaban J connectivity index is 1.32. The molecular weight excluding hydrogens is 433 g/mol. The topological polar surface area (TPSA) is 54.7 Å². The molecule has 5 aliphatic rings. The number of imide groups is 1. The normalized spacial score (nSPS) is 32.8. The highest BCUT2D eigenvalue weighted by Gasteiger charge is 2.67. The molecule has 2 heterocycles.